The van der Waals surface area contributed by atoms with Crippen LogP contribution in [0.5, 0.6) is 11.5 Å². The smallest absolute Gasteiger partial charge is 0.485 e. The van der Waals surface area contributed by atoms with Gasteiger partial charge in [0.2, 0.25) is 9.79 Å². The fraction of sp³-hybridized carbons (Fsp3) is 0.217. The average molecular weight is 483 g/mol. The van der Waals surface area contributed by atoms with Gasteiger partial charge < -0.3 is 9.29 Å². The summed E-state index contributed by atoms with van der Waals surface area (Å²) in [5.41, 5.74) is -4.11. The van der Waals surface area contributed by atoms with Crippen molar-refractivity contribution in [3.63, 3.8) is 0 Å². The first-order chi connectivity index (χ1) is 14.8. The summed E-state index contributed by atoms with van der Waals surface area (Å²) in [7, 11) is -6.21. The highest BCUT2D eigenvalue weighted by Crippen LogP contribution is 2.46. The number of hydrogen-bond donors (Lipinski definition) is 0. The van der Waals surface area contributed by atoms with E-state index in [-0.39, 0.29) is 16.3 Å². The lowest BCUT2D eigenvalue weighted by molar-refractivity contribution is -0.0517. The lowest BCUT2D eigenvalue weighted by Crippen LogP contribution is -2.21. The van der Waals surface area contributed by atoms with E-state index in [0.29, 0.717) is 0 Å². The van der Waals surface area contributed by atoms with Crippen molar-refractivity contribution in [3.8, 4) is 11.5 Å². The molecule has 0 saturated heterocycles. The summed E-state index contributed by atoms with van der Waals surface area (Å²) in [6, 6.07) is 25.9. The van der Waals surface area contributed by atoms with Crippen molar-refractivity contribution in [2.75, 3.05) is 0 Å². The van der Waals surface area contributed by atoms with Crippen LogP contribution in [0.2, 0.25) is 0 Å². The Labute approximate surface area is 188 Å². The molecule has 0 aromatic heterocycles. The molecule has 4 nitrogen and oxygen atoms in total. The molecule has 0 unspecified atom stereocenters. The molecule has 0 amide bonds. The predicted molar refractivity (Wildman–Crippen MR) is 116 cm³/mol. The zero-order valence-electron chi connectivity index (χ0n) is 17.5. The normalized spacial score (nSPS) is 13.8. The zero-order valence-corrected chi connectivity index (χ0v) is 19.1. The van der Waals surface area contributed by atoms with Crippen LogP contribution < -0.4 is 4.74 Å². The lowest BCUT2D eigenvalue weighted by atomic mass is 9.87. The lowest BCUT2D eigenvalue weighted by Gasteiger charge is -2.21. The summed E-state index contributed by atoms with van der Waals surface area (Å²) in [6.45, 7) is 6.76. The molecule has 32 heavy (non-hydrogen) atoms. The van der Waals surface area contributed by atoms with E-state index < -0.39 is 15.6 Å². The van der Waals surface area contributed by atoms with Gasteiger partial charge in [0.15, 0.2) is 26.5 Å². The molecule has 0 atom stereocenters. The zero-order chi connectivity index (χ0) is 23.7. The van der Waals surface area contributed by atoms with E-state index >= 15 is 0 Å². The van der Waals surface area contributed by atoms with Crippen molar-refractivity contribution >= 4 is 21.0 Å². The number of alkyl halides is 3. The molecule has 1 aliphatic rings. The van der Waals surface area contributed by atoms with Gasteiger partial charge in [0.25, 0.3) is 0 Å². The summed E-state index contributed by atoms with van der Waals surface area (Å²) in [5, 5.41) is 0. The first kappa shape index (κ1) is 24.2. The maximum atomic E-state index is 10.7. The number of rotatable bonds is 1. The highest BCUT2D eigenvalue weighted by molar-refractivity contribution is 7.97. The maximum Gasteiger partial charge on any atom is 0.485 e. The van der Waals surface area contributed by atoms with Gasteiger partial charge in [-0.2, -0.15) is 13.2 Å². The molecule has 1 aliphatic heterocycles. The van der Waals surface area contributed by atoms with Crippen molar-refractivity contribution in [2.24, 2.45) is 0 Å². The van der Waals surface area contributed by atoms with Crippen LogP contribution in [-0.4, -0.2) is 18.5 Å². The molecule has 0 fully saturated rings. The second-order valence-corrected chi connectivity index (χ2v) is 11.3. The summed E-state index contributed by atoms with van der Waals surface area (Å²) < 4.78 is 65.0. The summed E-state index contributed by atoms with van der Waals surface area (Å²) in [6.07, 6.45) is 0. The van der Waals surface area contributed by atoms with Crippen LogP contribution in [-0.2, 0) is 26.4 Å². The molecule has 0 aliphatic carbocycles. The second-order valence-electron chi connectivity index (χ2n) is 7.98. The third-order valence-corrected chi connectivity index (χ3v) is 7.46. The number of fused-ring (bicyclic) bond motifs is 2. The minimum absolute atomic E-state index is 0.118. The van der Waals surface area contributed by atoms with Gasteiger partial charge in [0.05, 0.1) is 0 Å². The molecule has 3 aromatic rings. The molecular formula is C23H21F3O4S2. The Hall–Kier alpha value is -2.49. The Morgan fingerprint density at radius 1 is 0.781 bits per heavy atom. The fourth-order valence-electron chi connectivity index (χ4n) is 2.99. The minimum atomic E-state index is -6.09. The van der Waals surface area contributed by atoms with E-state index in [2.05, 4.69) is 81.4 Å². The Morgan fingerprint density at radius 3 is 1.56 bits per heavy atom. The average Bonchev–Trinajstić information content (AvgIpc) is 2.70. The third-order valence-electron chi connectivity index (χ3n) is 4.60. The predicted octanol–water partition coefficient (Wildman–Crippen LogP) is 6.24. The summed E-state index contributed by atoms with van der Waals surface area (Å²) in [5.74, 6) is 1.94. The molecule has 170 valence electrons. The Morgan fingerprint density at radius 2 is 1.19 bits per heavy atom. The van der Waals surface area contributed by atoms with E-state index in [4.69, 9.17) is 17.7 Å². The Balaban J connectivity index is 0.000000312. The Kier molecular flexibility index (Phi) is 6.65. The van der Waals surface area contributed by atoms with Crippen LogP contribution in [0.25, 0.3) is 0 Å². The van der Waals surface area contributed by atoms with Crippen molar-refractivity contribution in [3.05, 3.63) is 78.4 Å². The van der Waals surface area contributed by atoms with E-state index in [0.717, 1.165) is 11.5 Å². The maximum absolute atomic E-state index is 10.7. The molecule has 3 aromatic carbocycles. The number of hydrogen-bond acceptors (Lipinski definition) is 4. The van der Waals surface area contributed by atoms with Crippen LogP contribution in [0.4, 0.5) is 13.2 Å². The van der Waals surface area contributed by atoms with Crippen LogP contribution in [0.1, 0.15) is 26.3 Å². The van der Waals surface area contributed by atoms with Crippen molar-refractivity contribution in [2.45, 2.75) is 46.4 Å². The largest absolute Gasteiger partial charge is 0.741 e. The van der Waals surface area contributed by atoms with E-state index in [1.165, 1.54) is 20.2 Å². The van der Waals surface area contributed by atoms with E-state index in [9.17, 15) is 13.2 Å². The molecule has 0 saturated carbocycles. The second kappa shape index (κ2) is 8.80. The number of halogens is 3. The van der Waals surface area contributed by atoms with Crippen LogP contribution >= 0.6 is 0 Å². The van der Waals surface area contributed by atoms with Crippen molar-refractivity contribution in [1.29, 1.82) is 0 Å². The quantitative estimate of drug-likeness (QED) is 0.183. The highest BCUT2D eigenvalue weighted by atomic mass is 32.2. The number of para-hydroxylation sites is 2. The molecule has 4 rings (SSSR count). The van der Waals surface area contributed by atoms with E-state index in [1.807, 2.05) is 12.1 Å². The van der Waals surface area contributed by atoms with Crippen molar-refractivity contribution in [1.82, 2.24) is 0 Å². The SMILES string of the molecule is CC(C)(C)c1ccc([S+]2c3ccccc3Oc3ccccc32)cc1.O=S(=O)([O-])C(F)(F)F. The molecule has 0 radical (unpaired) electrons. The summed E-state index contributed by atoms with van der Waals surface area (Å²) in [4.78, 5) is 3.87. The van der Waals surface area contributed by atoms with Gasteiger partial charge in [0.1, 0.15) is 10.9 Å². The monoisotopic (exact) mass is 482 g/mol. The number of benzene rings is 3. The Bertz CT molecular complexity index is 1150. The number of ether oxygens (including phenoxy) is 1. The van der Waals surface area contributed by atoms with Gasteiger partial charge in [-0.3, -0.25) is 0 Å². The van der Waals surface area contributed by atoms with Crippen molar-refractivity contribution < 1.29 is 30.9 Å². The van der Waals surface area contributed by atoms with Gasteiger partial charge in [-0.1, -0.05) is 57.2 Å². The molecular weight excluding hydrogens is 461 g/mol. The van der Waals surface area contributed by atoms with Crippen LogP contribution in [0, 0.1) is 0 Å². The standard InChI is InChI=1S/C22H21OS.CHF3O3S/c1-22(2,3)16-12-14-17(15-13-16)24-20-10-6-4-8-18(20)23-19-9-5-7-11-21(19)24;2-1(3,4)8(5,6)7/h4-15H,1-3H3;(H,5,6,7)/q+1;/p-1. The first-order valence-corrected chi connectivity index (χ1v) is 12.2. The molecule has 0 bridgehead atoms. The molecule has 0 spiro atoms. The molecule has 1 heterocycles. The van der Waals surface area contributed by atoms with Gasteiger partial charge in [-0.15, -0.1) is 0 Å². The first-order valence-electron chi connectivity index (χ1n) is 9.52. The highest BCUT2D eigenvalue weighted by Gasteiger charge is 2.39. The minimum Gasteiger partial charge on any atom is -0.741 e. The van der Waals surface area contributed by atoms with Gasteiger partial charge >= 0.3 is 5.51 Å². The van der Waals surface area contributed by atoms with Gasteiger partial charge in [-0.25, -0.2) is 8.42 Å². The van der Waals surface area contributed by atoms with E-state index in [1.54, 1.807) is 0 Å². The third kappa shape index (κ3) is 5.28. The van der Waals surface area contributed by atoms with Gasteiger partial charge in [-0.05, 0) is 47.4 Å². The topological polar surface area (TPSA) is 66.4 Å². The van der Waals surface area contributed by atoms with Crippen LogP contribution in [0.15, 0.2) is 87.5 Å². The van der Waals surface area contributed by atoms with Gasteiger partial charge in [0, 0.05) is 0 Å². The van der Waals surface area contributed by atoms with Crippen LogP contribution in [0.3, 0.4) is 0 Å². The molecule has 0 N–H and O–H groups in total. The fourth-order valence-corrected chi connectivity index (χ4v) is 5.19. The molecule has 9 heteroatoms. The summed E-state index contributed by atoms with van der Waals surface area (Å²) >= 11 is 0.